The topological polar surface area (TPSA) is 57.9 Å². The van der Waals surface area contributed by atoms with Crippen LogP contribution in [0.15, 0.2) is 12.1 Å². The van der Waals surface area contributed by atoms with E-state index in [0.717, 1.165) is 0 Å². The van der Waals surface area contributed by atoms with Crippen molar-refractivity contribution in [2.75, 3.05) is 0 Å². The van der Waals surface area contributed by atoms with Crippen molar-refractivity contribution in [3.63, 3.8) is 0 Å². The predicted octanol–water partition coefficient (Wildman–Crippen LogP) is 2.18. The molecule has 0 N–H and O–H groups in total. The van der Waals surface area contributed by atoms with Gasteiger partial charge in [0.2, 0.25) is 0 Å². The molecule has 0 spiro atoms. The Hall–Kier alpha value is -1.22. The van der Waals surface area contributed by atoms with Gasteiger partial charge in [-0.05, 0) is 41.6 Å². The summed E-state index contributed by atoms with van der Waals surface area (Å²) in [5.41, 5.74) is 1.05. The maximum Gasteiger partial charge on any atom is 0.161 e. The van der Waals surface area contributed by atoms with Crippen LogP contribution in [-0.2, 0) is 0 Å². The monoisotopic (exact) mass is 299 g/mol. The lowest BCUT2D eigenvalue weighted by Gasteiger charge is -2.02. The van der Waals surface area contributed by atoms with E-state index in [0.29, 0.717) is 21.0 Å². The summed E-state index contributed by atoms with van der Waals surface area (Å²) >= 11 is 1.96. The van der Waals surface area contributed by atoms with Gasteiger partial charge in [0.1, 0.15) is 0 Å². The van der Waals surface area contributed by atoms with Crippen LogP contribution in [0.5, 0.6) is 0 Å². The quantitative estimate of drug-likeness (QED) is 0.478. The number of Topliss-reactive ketones (excluding diaryl/α,β-unsaturated/α-hetero) is 1. The average Bonchev–Trinajstić information content (AvgIpc) is 2.17. The van der Waals surface area contributed by atoms with Crippen LogP contribution in [0.2, 0.25) is 0 Å². The van der Waals surface area contributed by atoms with Crippen LogP contribution in [0.3, 0.4) is 0 Å². The van der Waals surface area contributed by atoms with E-state index in [4.69, 9.17) is 5.26 Å². The molecule has 70 valence electrons. The van der Waals surface area contributed by atoms with E-state index in [2.05, 4.69) is 0 Å². The maximum atomic E-state index is 11.1. The molecule has 0 amide bonds. The number of halogens is 1. The largest absolute Gasteiger partial charge is 0.298 e. The van der Waals surface area contributed by atoms with E-state index < -0.39 is 0 Å². The van der Waals surface area contributed by atoms with Gasteiger partial charge in [-0.25, -0.2) is 0 Å². The summed E-state index contributed by atoms with van der Waals surface area (Å²) in [5, 5.41) is 8.76. The van der Waals surface area contributed by atoms with Gasteiger partial charge in [-0.1, -0.05) is 0 Å². The van der Waals surface area contributed by atoms with Gasteiger partial charge in [-0.2, -0.15) is 5.26 Å². The van der Waals surface area contributed by atoms with Gasteiger partial charge in [0.05, 0.1) is 11.6 Å². The molecule has 0 aliphatic carbocycles. The molecule has 0 atom stereocenters. The molecule has 0 aliphatic heterocycles. The smallest absolute Gasteiger partial charge is 0.161 e. The number of nitriles is 1. The zero-order chi connectivity index (χ0) is 10.7. The second kappa shape index (κ2) is 4.33. The number of hydrogen-bond acceptors (Lipinski definition) is 3. The normalized spacial score (nSPS) is 9.21. The third-order valence-electron chi connectivity index (χ3n) is 1.76. The van der Waals surface area contributed by atoms with Crippen molar-refractivity contribution < 1.29 is 9.59 Å². The van der Waals surface area contributed by atoms with Crippen LogP contribution in [0, 0.1) is 14.9 Å². The Morgan fingerprint density at radius 3 is 2.64 bits per heavy atom. The SMILES string of the molecule is CC(=O)c1cc(I)c(C=O)cc1C#N. The van der Waals surface area contributed by atoms with Crippen molar-refractivity contribution in [1.29, 1.82) is 5.26 Å². The molecule has 4 heteroatoms. The Labute approximate surface area is 94.9 Å². The van der Waals surface area contributed by atoms with Crippen molar-refractivity contribution in [3.8, 4) is 6.07 Å². The van der Waals surface area contributed by atoms with Gasteiger partial charge in [-0.15, -0.1) is 0 Å². The van der Waals surface area contributed by atoms with Crippen molar-refractivity contribution in [1.82, 2.24) is 0 Å². The van der Waals surface area contributed by atoms with Crippen molar-refractivity contribution >= 4 is 34.7 Å². The fourth-order valence-corrected chi connectivity index (χ4v) is 1.66. The second-order valence-corrected chi connectivity index (χ2v) is 3.87. The molecule has 3 nitrogen and oxygen atoms in total. The molecule has 1 rings (SSSR count). The number of carbonyl (C=O) groups is 2. The number of benzene rings is 1. The molecule has 0 aromatic heterocycles. The minimum Gasteiger partial charge on any atom is -0.298 e. The summed E-state index contributed by atoms with van der Waals surface area (Å²) in [4.78, 5) is 21.7. The summed E-state index contributed by atoms with van der Waals surface area (Å²) in [6.07, 6.45) is 0.673. The molecular formula is C10H6INO2. The summed E-state index contributed by atoms with van der Waals surface area (Å²) in [7, 11) is 0. The molecule has 0 bridgehead atoms. The summed E-state index contributed by atoms with van der Waals surface area (Å²) in [6, 6.07) is 4.89. The van der Waals surface area contributed by atoms with Gasteiger partial charge >= 0.3 is 0 Å². The number of ketones is 1. The molecule has 0 aliphatic rings. The standard InChI is InChI=1S/C10H6INO2/c1-6(14)9-3-10(11)8(5-13)2-7(9)4-12/h2-3,5H,1H3. The Balaban J connectivity index is 3.48. The van der Waals surface area contributed by atoms with E-state index in [1.165, 1.54) is 13.0 Å². The van der Waals surface area contributed by atoms with E-state index >= 15 is 0 Å². The first kappa shape index (κ1) is 10.9. The summed E-state index contributed by atoms with van der Waals surface area (Å²) in [5.74, 6) is -0.170. The van der Waals surface area contributed by atoms with Crippen LogP contribution in [0.25, 0.3) is 0 Å². The number of hydrogen-bond donors (Lipinski definition) is 0. The maximum absolute atomic E-state index is 11.1. The Morgan fingerprint density at radius 1 is 1.57 bits per heavy atom. The summed E-state index contributed by atoms with van der Waals surface area (Å²) in [6.45, 7) is 1.40. The van der Waals surface area contributed by atoms with E-state index in [1.807, 2.05) is 28.7 Å². The van der Waals surface area contributed by atoms with Crippen LogP contribution >= 0.6 is 22.6 Å². The van der Waals surface area contributed by atoms with Gasteiger partial charge < -0.3 is 0 Å². The number of aldehydes is 1. The van der Waals surface area contributed by atoms with Crippen LogP contribution in [-0.4, -0.2) is 12.1 Å². The highest BCUT2D eigenvalue weighted by molar-refractivity contribution is 14.1. The fraction of sp³-hybridized carbons (Fsp3) is 0.100. The molecule has 1 aromatic rings. The lowest BCUT2D eigenvalue weighted by Crippen LogP contribution is -2.00. The first-order valence-electron chi connectivity index (χ1n) is 3.80. The van der Waals surface area contributed by atoms with Crippen LogP contribution in [0.1, 0.15) is 33.2 Å². The third kappa shape index (κ3) is 1.99. The fourth-order valence-electron chi connectivity index (χ4n) is 1.06. The summed E-state index contributed by atoms with van der Waals surface area (Å²) < 4.78 is 0.682. The first-order valence-corrected chi connectivity index (χ1v) is 4.87. The zero-order valence-corrected chi connectivity index (χ0v) is 9.53. The minimum atomic E-state index is -0.170. The predicted molar refractivity (Wildman–Crippen MR) is 59.3 cm³/mol. The molecule has 0 fully saturated rings. The third-order valence-corrected chi connectivity index (χ3v) is 2.70. The van der Waals surface area contributed by atoms with Gasteiger partial charge in [-0.3, -0.25) is 9.59 Å². The Kier molecular flexibility index (Phi) is 3.36. The van der Waals surface area contributed by atoms with Crippen LogP contribution < -0.4 is 0 Å². The minimum absolute atomic E-state index is 0.170. The second-order valence-electron chi connectivity index (χ2n) is 2.71. The van der Waals surface area contributed by atoms with E-state index in [9.17, 15) is 9.59 Å². The molecule has 0 saturated carbocycles. The molecule has 0 unspecified atom stereocenters. The average molecular weight is 299 g/mol. The highest BCUT2D eigenvalue weighted by Crippen LogP contribution is 2.17. The molecule has 1 aromatic carbocycles. The lowest BCUT2D eigenvalue weighted by atomic mass is 10.0. The number of rotatable bonds is 2. The molecular weight excluding hydrogens is 293 g/mol. The van der Waals surface area contributed by atoms with Crippen molar-refractivity contribution in [3.05, 3.63) is 32.4 Å². The highest BCUT2D eigenvalue weighted by atomic mass is 127. The molecule has 0 saturated heterocycles. The Bertz CT molecular complexity index is 446. The number of carbonyl (C=O) groups excluding carboxylic acids is 2. The zero-order valence-electron chi connectivity index (χ0n) is 7.37. The van der Waals surface area contributed by atoms with Crippen LogP contribution in [0.4, 0.5) is 0 Å². The van der Waals surface area contributed by atoms with Crippen molar-refractivity contribution in [2.24, 2.45) is 0 Å². The molecule has 14 heavy (non-hydrogen) atoms. The first-order chi connectivity index (χ1) is 6.60. The Morgan fingerprint density at radius 2 is 2.21 bits per heavy atom. The van der Waals surface area contributed by atoms with Gasteiger partial charge in [0.15, 0.2) is 12.1 Å². The number of nitrogens with zero attached hydrogens (tertiary/aromatic N) is 1. The molecule has 0 radical (unpaired) electrons. The highest BCUT2D eigenvalue weighted by Gasteiger charge is 2.10. The van der Waals surface area contributed by atoms with E-state index in [-0.39, 0.29) is 11.3 Å². The van der Waals surface area contributed by atoms with Crippen molar-refractivity contribution in [2.45, 2.75) is 6.92 Å². The lowest BCUT2D eigenvalue weighted by molar-refractivity contribution is 0.101. The molecule has 0 heterocycles. The van der Waals surface area contributed by atoms with Gasteiger partial charge in [0.25, 0.3) is 0 Å². The van der Waals surface area contributed by atoms with E-state index in [1.54, 1.807) is 6.07 Å². The van der Waals surface area contributed by atoms with Gasteiger partial charge in [0, 0.05) is 14.7 Å².